The molecule has 0 bridgehead atoms. The van der Waals surface area contributed by atoms with E-state index < -0.39 is 0 Å². The molecular weight excluding hydrogens is 244 g/mol. The predicted octanol–water partition coefficient (Wildman–Crippen LogP) is 2.18. The Kier molecular flexibility index (Phi) is 3.90. The highest BCUT2D eigenvalue weighted by Gasteiger charge is 2.25. The van der Waals surface area contributed by atoms with E-state index in [-0.39, 0.29) is 22.3 Å². The third-order valence-corrected chi connectivity index (χ3v) is 4.63. The highest BCUT2D eigenvalue weighted by atomic mass is 32.2. The van der Waals surface area contributed by atoms with Crippen molar-refractivity contribution in [1.82, 2.24) is 0 Å². The maximum Gasteiger partial charge on any atom is 0.338 e. The van der Waals surface area contributed by atoms with Crippen LogP contribution in [0.25, 0.3) is 0 Å². The topological polar surface area (TPSA) is 43.4 Å². The first-order valence-electron chi connectivity index (χ1n) is 4.79. The van der Waals surface area contributed by atoms with Gasteiger partial charge in [0.1, 0.15) is 6.61 Å². The molecule has 16 heavy (non-hydrogen) atoms. The monoisotopic (exact) mass is 254 g/mol. The summed E-state index contributed by atoms with van der Waals surface area (Å²) in [5, 5.41) is 0.158. The van der Waals surface area contributed by atoms with E-state index in [1.807, 2.05) is 6.07 Å². The average Bonchev–Trinajstić information content (AvgIpc) is 2.73. The summed E-state index contributed by atoms with van der Waals surface area (Å²) < 4.78 is 5.18. The van der Waals surface area contributed by atoms with Gasteiger partial charge in [0.2, 0.25) is 0 Å². The molecule has 5 heteroatoms. The number of hydrogen-bond donors (Lipinski definition) is 0. The van der Waals surface area contributed by atoms with Gasteiger partial charge in [0.15, 0.2) is 5.12 Å². The van der Waals surface area contributed by atoms with Crippen LogP contribution in [-0.4, -0.2) is 28.0 Å². The minimum absolute atomic E-state index is 0.0557. The summed E-state index contributed by atoms with van der Waals surface area (Å²) in [6.45, 7) is 0.287. The Labute approximate surface area is 102 Å². The largest absolute Gasteiger partial charge is 0.460 e. The fourth-order valence-corrected chi connectivity index (χ4v) is 3.45. The first-order valence-corrected chi connectivity index (χ1v) is 6.72. The third-order valence-electron chi connectivity index (χ3n) is 2.01. The molecule has 1 saturated heterocycles. The van der Waals surface area contributed by atoms with Crippen molar-refractivity contribution in [2.45, 2.75) is 4.58 Å². The Hall–Kier alpha value is -0.940. The first kappa shape index (κ1) is 11.5. The van der Waals surface area contributed by atoms with Crippen LogP contribution in [0.1, 0.15) is 10.4 Å². The molecule has 0 spiro atoms. The van der Waals surface area contributed by atoms with E-state index in [1.165, 1.54) is 23.5 Å². The van der Waals surface area contributed by atoms with E-state index in [0.29, 0.717) is 11.3 Å². The van der Waals surface area contributed by atoms with Gasteiger partial charge in [0, 0.05) is 0 Å². The molecule has 0 saturated carbocycles. The molecule has 1 aromatic rings. The van der Waals surface area contributed by atoms with Crippen LogP contribution < -0.4 is 0 Å². The zero-order valence-corrected chi connectivity index (χ0v) is 10.1. The van der Waals surface area contributed by atoms with Gasteiger partial charge < -0.3 is 4.74 Å². The van der Waals surface area contributed by atoms with E-state index in [4.69, 9.17) is 4.74 Å². The lowest BCUT2D eigenvalue weighted by molar-refractivity contribution is -0.108. The van der Waals surface area contributed by atoms with Crippen molar-refractivity contribution in [3.05, 3.63) is 35.9 Å². The van der Waals surface area contributed by atoms with Gasteiger partial charge in [-0.15, -0.1) is 11.8 Å². The summed E-state index contributed by atoms with van der Waals surface area (Å²) >= 11 is 2.77. The van der Waals surface area contributed by atoms with Crippen molar-refractivity contribution >= 4 is 34.6 Å². The molecule has 1 atom stereocenters. The molecule has 84 valence electrons. The van der Waals surface area contributed by atoms with Crippen LogP contribution in [-0.2, 0) is 9.53 Å². The van der Waals surface area contributed by atoms with Crippen molar-refractivity contribution in [2.75, 3.05) is 12.4 Å². The molecule has 1 aromatic carbocycles. The second-order valence-electron chi connectivity index (χ2n) is 3.19. The fraction of sp³-hybridized carbons (Fsp3) is 0.273. The lowest BCUT2D eigenvalue weighted by atomic mass is 10.2. The highest BCUT2D eigenvalue weighted by molar-refractivity contribution is 8.29. The van der Waals surface area contributed by atoms with Crippen LogP contribution >= 0.6 is 23.5 Å². The molecule has 3 nitrogen and oxygen atoms in total. The normalized spacial score (nSPS) is 19.8. The molecule has 0 amide bonds. The summed E-state index contributed by atoms with van der Waals surface area (Å²) in [5.41, 5.74) is 0.543. The Bertz CT molecular complexity index is 391. The van der Waals surface area contributed by atoms with Crippen LogP contribution in [0.3, 0.4) is 0 Å². The van der Waals surface area contributed by atoms with Crippen LogP contribution in [0, 0.1) is 0 Å². The second kappa shape index (κ2) is 5.41. The number of rotatable bonds is 3. The van der Waals surface area contributed by atoms with Crippen molar-refractivity contribution in [1.29, 1.82) is 0 Å². The van der Waals surface area contributed by atoms with Gasteiger partial charge in [-0.25, -0.2) is 4.79 Å². The minimum atomic E-state index is -0.332. The lowest BCUT2D eigenvalue weighted by Crippen LogP contribution is -2.12. The average molecular weight is 254 g/mol. The molecule has 0 radical (unpaired) electrons. The Morgan fingerprint density at radius 1 is 1.38 bits per heavy atom. The zero-order chi connectivity index (χ0) is 11.4. The third kappa shape index (κ3) is 3.02. The molecule has 0 N–H and O–H groups in total. The standard InChI is InChI=1S/C11H10O3S2/c12-9-7-15-10(16-9)6-14-11(13)8-4-2-1-3-5-8/h1-5,10H,6-7H2. The van der Waals surface area contributed by atoms with Crippen LogP contribution in [0.4, 0.5) is 0 Å². The summed E-state index contributed by atoms with van der Waals surface area (Å²) in [6.07, 6.45) is 0. The van der Waals surface area contributed by atoms with E-state index in [1.54, 1.807) is 24.3 Å². The number of hydrogen-bond acceptors (Lipinski definition) is 5. The summed E-state index contributed by atoms with van der Waals surface area (Å²) in [6, 6.07) is 8.85. The Balaban J connectivity index is 1.82. The minimum Gasteiger partial charge on any atom is -0.460 e. The molecule has 0 aliphatic carbocycles. The molecule has 0 aromatic heterocycles. The number of carbonyl (C=O) groups excluding carboxylic acids is 2. The maximum atomic E-state index is 11.6. The van der Waals surface area contributed by atoms with E-state index in [9.17, 15) is 9.59 Å². The first-order chi connectivity index (χ1) is 7.75. The van der Waals surface area contributed by atoms with Crippen molar-refractivity contribution in [3.63, 3.8) is 0 Å². The number of ether oxygens (including phenoxy) is 1. The SMILES string of the molecule is O=C1CSC(COC(=O)c2ccccc2)S1. The quantitative estimate of drug-likeness (QED) is 0.773. The van der Waals surface area contributed by atoms with E-state index in [0.717, 1.165) is 0 Å². The summed E-state index contributed by atoms with van der Waals surface area (Å²) in [5.74, 6) is 0.180. The van der Waals surface area contributed by atoms with Gasteiger partial charge in [-0.1, -0.05) is 30.0 Å². The Morgan fingerprint density at radius 2 is 2.12 bits per heavy atom. The van der Waals surface area contributed by atoms with Gasteiger partial charge in [0.05, 0.1) is 15.9 Å². The van der Waals surface area contributed by atoms with Crippen molar-refractivity contribution in [2.24, 2.45) is 0 Å². The molecule has 1 aliphatic rings. The number of thioether (sulfide) groups is 2. The maximum absolute atomic E-state index is 11.6. The van der Waals surface area contributed by atoms with Crippen molar-refractivity contribution in [3.8, 4) is 0 Å². The predicted molar refractivity (Wildman–Crippen MR) is 65.6 cm³/mol. The van der Waals surface area contributed by atoms with Crippen LogP contribution in [0.5, 0.6) is 0 Å². The molecule has 1 aliphatic heterocycles. The molecule has 1 heterocycles. The van der Waals surface area contributed by atoms with E-state index >= 15 is 0 Å². The summed E-state index contributed by atoms with van der Waals surface area (Å²) in [7, 11) is 0. The lowest BCUT2D eigenvalue weighted by Gasteiger charge is -2.07. The summed E-state index contributed by atoms with van der Waals surface area (Å²) in [4.78, 5) is 22.5. The van der Waals surface area contributed by atoms with Gasteiger partial charge >= 0.3 is 5.97 Å². The van der Waals surface area contributed by atoms with Gasteiger partial charge in [-0.3, -0.25) is 4.79 Å². The molecule has 1 unspecified atom stereocenters. The fourth-order valence-electron chi connectivity index (χ4n) is 1.26. The Morgan fingerprint density at radius 3 is 2.75 bits per heavy atom. The van der Waals surface area contributed by atoms with Crippen LogP contribution in [0.2, 0.25) is 0 Å². The number of carbonyl (C=O) groups is 2. The highest BCUT2D eigenvalue weighted by Crippen LogP contribution is 2.33. The van der Waals surface area contributed by atoms with Gasteiger partial charge in [-0.2, -0.15) is 0 Å². The molecule has 1 fully saturated rings. The van der Waals surface area contributed by atoms with Crippen LogP contribution in [0.15, 0.2) is 30.3 Å². The van der Waals surface area contributed by atoms with Gasteiger partial charge in [0.25, 0.3) is 0 Å². The smallest absolute Gasteiger partial charge is 0.338 e. The second-order valence-corrected chi connectivity index (χ2v) is 5.94. The molecule has 2 rings (SSSR count). The molecular formula is C11H10O3S2. The zero-order valence-electron chi connectivity index (χ0n) is 8.42. The van der Waals surface area contributed by atoms with Gasteiger partial charge in [-0.05, 0) is 12.1 Å². The van der Waals surface area contributed by atoms with Crippen molar-refractivity contribution < 1.29 is 14.3 Å². The number of benzene rings is 1. The number of esters is 1. The van der Waals surface area contributed by atoms with E-state index in [2.05, 4.69) is 0 Å².